The molecule has 17 heavy (non-hydrogen) atoms. The van der Waals surface area contributed by atoms with E-state index in [1.165, 1.54) is 23.1 Å². The number of hydrogen-bond donors (Lipinski definition) is 1. The van der Waals surface area contributed by atoms with Gasteiger partial charge >= 0.3 is 5.97 Å². The molecule has 0 aliphatic carbocycles. The van der Waals surface area contributed by atoms with Gasteiger partial charge in [0, 0.05) is 14.7 Å². The van der Waals surface area contributed by atoms with Crippen LogP contribution in [0.4, 0.5) is 0 Å². The highest BCUT2D eigenvalue weighted by molar-refractivity contribution is 9.10. The molecule has 7 heteroatoms. The third kappa shape index (κ3) is 3.31. The van der Waals surface area contributed by atoms with Gasteiger partial charge in [-0.2, -0.15) is 0 Å². The zero-order chi connectivity index (χ0) is 12.4. The molecule has 0 amide bonds. The minimum atomic E-state index is -0.935. The standard InChI is InChI=1S/C10H5Br2NO2S2/c11-5-1-2-6(9(14)15)7(3-5)17-10-13-8(12)4-16-10/h1-4H,(H,14,15). The minimum Gasteiger partial charge on any atom is -0.478 e. The average molecular weight is 395 g/mol. The Morgan fingerprint density at radius 3 is 2.76 bits per heavy atom. The van der Waals surface area contributed by atoms with Crippen molar-refractivity contribution < 1.29 is 9.90 Å². The SMILES string of the molecule is O=C(O)c1ccc(Br)cc1Sc1nc(Br)cs1. The first-order chi connectivity index (χ1) is 8.06. The third-order valence-electron chi connectivity index (χ3n) is 1.83. The number of carbonyl (C=O) groups is 1. The Bertz CT molecular complexity index is 571. The molecule has 1 heterocycles. The molecule has 2 aromatic rings. The Balaban J connectivity index is 2.37. The molecule has 0 radical (unpaired) electrons. The Morgan fingerprint density at radius 1 is 1.41 bits per heavy atom. The molecule has 1 aromatic heterocycles. The predicted octanol–water partition coefficient (Wildman–Crippen LogP) is 4.52. The molecule has 2 rings (SSSR count). The molecule has 0 aliphatic heterocycles. The maximum absolute atomic E-state index is 11.1. The number of halogens is 2. The zero-order valence-corrected chi connectivity index (χ0v) is 13.0. The smallest absolute Gasteiger partial charge is 0.336 e. The molecular formula is C10H5Br2NO2S2. The zero-order valence-electron chi connectivity index (χ0n) is 8.18. The summed E-state index contributed by atoms with van der Waals surface area (Å²) in [6.07, 6.45) is 0. The molecule has 3 nitrogen and oxygen atoms in total. The van der Waals surface area contributed by atoms with E-state index >= 15 is 0 Å². The summed E-state index contributed by atoms with van der Waals surface area (Å²) < 4.78 is 2.41. The highest BCUT2D eigenvalue weighted by Crippen LogP contribution is 2.35. The topological polar surface area (TPSA) is 50.2 Å². The number of thiazole rings is 1. The molecular weight excluding hydrogens is 390 g/mol. The predicted molar refractivity (Wildman–Crippen MR) is 75.0 cm³/mol. The van der Waals surface area contributed by atoms with Gasteiger partial charge in [-0.1, -0.05) is 27.7 Å². The molecule has 0 fully saturated rings. The third-order valence-corrected chi connectivity index (χ3v) is 5.03. The van der Waals surface area contributed by atoms with Gasteiger partial charge in [0.1, 0.15) is 4.60 Å². The van der Waals surface area contributed by atoms with E-state index in [-0.39, 0.29) is 5.56 Å². The number of carboxylic acid groups (broad SMARTS) is 1. The first-order valence-electron chi connectivity index (χ1n) is 4.38. The lowest BCUT2D eigenvalue weighted by Gasteiger charge is -2.03. The molecule has 0 atom stereocenters. The Labute approximate surface area is 123 Å². The summed E-state index contributed by atoms with van der Waals surface area (Å²) in [6, 6.07) is 5.08. The van der Waals surface area contributed by atoms with Gasteiger partial charge in [-0.3, -0.25) is 0 Å². The van der Waals surface area contributed by atoms with Crippen molar-refractivity contribution in [3.8, 4) is 0 Å². The fraction of sp³-hybridized carbons (Fsp3) is 0. The quantitative estimate of drug-likeness (QED) is 0.831. The fourth-order valence-electron chi connectivity index (χ4n) is 1.14. The monoisotopic (exact) mass is 393 g/mol. The summed E-state index contributed by atoms with van der Waals surface area (Å²) in [4.78, 5) is 16.0. The second-order valence-corrected chi connectivity index (χ2v) is 6.86. The van der Waals surface area contributed by atoms with Crippen LogP contribution < -0.4 is 0 Å². The van der Waals surface area contributed by atoms with Gasteiger partial charge in [-0.15, -0.1) is 11.3 Å². The maximum atomic E-state index is 11.1. The first kappa shape index (κ1) is 13.1. The highest BCUT2D eigenvalue weighted by Gasteiger charge is 2.13. The van der Waals surface area contributed by atoms with E-state index in [0.717, 1.165) is 13.4 Å². The molecule has 1 N–H and O–H groups in total. The van der Waals surface area contributed by atoms with E-state index in [2.05, 4.69) is 36.8 Å². The summed E-state index contributed by atoms with van der Waals surface area (Å²) in [5.41, 5.74) is 0.282. The lowest BCUT2D eigenvalue weighted by atomic mass is 10.2. The molecule has 0 saturated heterocycles. The summed E-state index contributed by atoms with van der Waals surface area (Å²) in [7, 11) is 0. The van der Waals surface area contributed by atoms with E-state index in [1.54, 1.807) is 18.2 Å². The van der Waals surface area contributed by atoms with E-state index < -0.39 is 5.97 Å². The van der Waals surface area contributed by atoms with Crippen molar-refractivity contribution in [1.82, 2.24) is 4.98 Å². The number of rotatable bonds is 3. The van der Waals surface area contributed by atoms with Gasteiger partial charge < -0.3 is 5.11 Å². The van der Waals surface area contributed by atoms with Crippen molar-refractivity contribution in [2.45, 2.75) is 9.24 Å². The van der Waals surface area contributed by atoms with Crippen LogP contribution in [0, 0.1) is 0 Å². The second-order valence-electron chi connectivity index (χ2n) is 2.98. The number of hydrogen-bond acceptors (Lipinski definition) is 4. The highest BCUT2D eigenvalue weighted by atomic mass is 79.9. The van der Waals surface area contributed by atoms with Crippen LogP contribution in [0.2, 0.25) is 0 Å². The lowest BCUT2D eigenvalue weighted by Crippen LogP contribution is -1.98. The number of aromatic carboxylic acids is 1. The molecule has 0 unspecified atom stereocenters. The number of benzene rings is 1. The van der Waals surface area contributed by atoms with E-state index in [4.69, 9.17) is 5.11 Å². The van der Waals surface area contributed by atoms with Crippen LogP contribution in [-0.4, -0.2) is 16.1 Å². The van der Waals surface area contributed by atoms with E-state index in [9.17, 15) is 4.79 Å². The number of nitrogens with zero attached hydrogens (tertiary/aromatic N) is 1. The van der Waals surface area contributed by atoms with Gasteiger partial charge in [0.2, 0.25) is 0 Å². The fourth-order valence-corrected chi connectivity index (χ4v) is 4.13. The van der Waals surface area contributed by atoms with Crippen LogP contribution in [0.5, 0.6) is 0 Å². The molecule has 0 spiro atoms. The summed E-state index contributed by atoms with van der Waals surface area (Å²) in [5, 5.41) is 10.9. The molecule has 0 aliphatic rings. The van der Waals surface area contributed by atoms with Gasteiger partial charge in [0.15, 0.2) is 4.34 Å². The van der Waals surface area contributed by atoms with Crippen molar-refractivity contribution in [1.29, 1.82) is 0 Å². The number of aromatic nitrogens is 1. The molecule has 0 saturated carbocycles. The first-order valence-corrected chi connectivity index (χ1v) is 7.66. The van der Waals surface area contributed by atoms with E-state index in [0.29, 0.717) is 4.90 Å². The van der Waals surface area contributed by atoms with E-state index in [1.807, 2.05) is 5.38 Å². The van der Waals surface area contributed by atoms with Crippen LogP contribution in [0.1, 0.15) is 10.4 Å². The molecule has 0 bridgehead atoms. The maximum Gasteiger partial charge on any atom is 0.336 e. The number of carboxylic acids is 1. The van der Waals surface area contributed by atoms with Crippen molar-refractivity contribution in [3.05, 3.63) is 38.2 Å². The van der Waals surface area contributed by atoms with Crippen LogP contribution in [0.25, 0.3) is 0 Å². The van der Waals surface area contributed by atoms with Crippen LogP contribution in [0.15, 0.2) is 41.9 Å². The van der Waals surface area contributed by atoms with Crippen LogP contribution >= 0.6 is 55.0 Å². The van der Waals surface area contributed by atoms with Crippen LogP contribution in [0.3, 0.4) is 0 Å². The van der Waals surface area contributed by atoms with Crippen LogP contribution in [-0.2, 0) is 0 Å². The molecule has 88 valence electrons. The minimum absolute atomic E-state index is 0.282. The van der Waals surface area contributed by atoms with Gasteiger partial charge in [0.05, 0.1) is 5.56 Å². The second kappa shape index (κ2) is 5.51. The summed E-state index contributed by atoms with van der Waals surface area (Å²) >= 11 is 9.41. The lowest BCUT2D eigenvalue weighted by molar-refractivity contribution is 0.0693. The summed E-state index contributed by atoms with van der Waals surface area (Å²) in [5.74, 6) is -0.935. The normalized spacial score (nSPS) is 10.5. The summed E-state index contributed by atoms with van der Waals surface area (Å²) in [6.45, 7) is 0. The molecule has 1 aromatic carbocycles. The van der Waals surface area contributed by atoms with Crippen molar-refractivity contribution in [2.24, 2.45) is 0 Å². The Kier molecular flexibility index (Phi) is 4.24. The largest absolute Gasteiger partial charge is 0.478 e. The van der Waals surface area contributed by atoms with Crippen molar-refractivity contribution in [3.63, 3.8) is 0 Å². The Morgan fingerprint density at radius 2 is 2.18 bits per heavy atom. The Hall–Kier alpha value is -0.370. The van der Waals surface area contributed by atoms with Gasteiger partial charge in [-0.25, -0.2) is 9.78 Å². The van der Waals surface area contributed by atoms with Gasteiger partial charge in [0.25, 0.3) is 0 Å². The van der Waals surface area contributed by atoms with Crippen molar-refractivity contribution in [2.75, 3.05) is 0 Å². The average Bonchev–Trinajstić information content (AvgIpc) is 2.63. The van der Waals surface area contributed by atoms with Crippen molar-refractivity contribution >= 4 is 60.9 Å². The van der Waals surface area contributed by atoms with Gasteiger partial charge in [-0.05, 0) is 34.1 Å².